The van der Waals surface area contributed by atoms with E-state index in [0.717, 1.165) is 37.2 Å². The standard InChI is InChI=1S/C21H25N3O3/c1-16-2-4-17(5-3-16)14-20(25)23-19-7-6-18(15-22-19)24-10-8-21(9-11-24)26-12-13-27-21/h2-7,15H,8-14H2,1H3,(H,22,23,25). The number of nitrogens with zero attached hydrogens (tertiary/aromatic N) is 2. The Bertz CT molecular complexity index is 773. The topological polar surface area (TPSA) is 63.7 Å². The Morgan fingerprint density at radius 1 is 1.11 bits per heavy atom. The van der Waals surface area contributed by atoms with Crippen LogP contribution in [0.5, 0.6) is 0 Å². The lowest BCUT2D eigenvalue weighted by Gasteiger charge is -2.38. The number of hydrogen-bond donors (Lipinski definition) is 1. The maximum absolute atomic E-state index is 12.2. The zero-order valence-corrected chi connectivity index (χ0v) is 15.6. The average molecular weight is 367 g/mol. The predicted molar refractivity (Wildman–Crippen MR) is 104 cm³/mol. The Hall–Kier alpha value is -2.44. The van der Waals surface area contributed by atoms with Gasteiger partial charge in [0, 0.05) is 25.9 Å². The molecule has 27 heavy (non-hydrogen) atoms. The molecule has 3 heterocycles. The van der Waals surface area contributed by atoms with Crippen molar-refractivity contribution in [3.8, 4) is 0 Å². The minimum atomic E-state index is -0.367. The summed E-state index contributed by atoms with van der Waals surface area (Å²) in [5.41, 5.74) is 3.24. The molecule has 0 radical (unpaired) electrons. The molecule has 0 atom stereocenters. The van der Waals surface area contributed by atoms with Crippen LogP contribution < -0.4 is 10.2 Å². The maximum Gasteiger partial charge on any atom is 0.229 e. The molecule has 1 amide bonds. The van der Waals surface area contributed by atoms with Gasteiger partial charge >= 0.3 is 0 Å². The highest BCUT2D eigenvalue weighted by Crippen LogP contribution is 2.33. The van der Waals surface area contributed by atoms with Gasteiger partial charge in [-0.3, -0.25) is 4.79 Å². The molecule has 0 aliphatic carbocycles. The Balaban J connectivity index is 1.31. The number of ether oxygens (including phenoxy) is 2. The van der Waals surface area contributed by atoms with E-state index < -0.39 is 0 Å². The highest BCUT2D eigenvalue weighted by Gasteiger charge is 2.39. The van der Waals surface area contributed by atoms with Crippen molar-refractivity contribution in [3.63, 3.8) is 0 Å². The van der Waals surface area contributed by atoms with E-state index in [-0.39, 0.29) is 11.7 Å². The van der Waals surface area contributed by atoms with Gasteiger partial charge in [0.1, 0.15) is 5.82 Å². The summed E-state index contributed by atoms with van der Waals surface area (Å²) in [7, 11) is 0. The van der Waals surface area contributed by atoms with Gasteiger partial charge in [-0.25, -0.2) is 4.98 Å². The first-order chi connectivity index (χ1) is 13.1. The van der Waals surface area contributed by atoms with Crippen molar-refractivity contribution in [1.29, 1.82) is 0 Å². The van der Waals surface area contributed by atoms with Crippen LogP contribution in [0.15, 0.2) is 42.6 Å². The van der Waals surface area contributed by atoms with Crippen LogP contribution in [0.2, 0.25) is 0 Å². The quantitative estimate of drug-likeness (QED) is 0.900. The summed E-state index contributed by atoms with van der Waals surface area (Å²) in [5, 5.41) is 2.87. The Morgan fingerprint density at radius 3 is 2.44 bits per heavy atom. The van der Waals surface area contributed by atoms with Gasteiger partial charge in [0.05, 0.1) is 31.5 Å². The van der Waals surface area contributed by atoms with E-state index in [1.54, 1.807) is 0 Å². The Labute approximate surface area is 159 Å². The van der Waals surface area contributed by atoms with Gasteiger partial charge in [-0.05, 0) is 24.6 Å². The second-order valence-corrected chi connectivity index (χ2v) is 7.21. The Kier molecular flexibility index (Phi) is 5.09. The molecular weight excluding hydrogens is 342 g/mol. The van der Waals surface area contributed by atoms with Crippen LogP contribution in [-0.4, -0.2) is 43.0 Å². The number of piperidine rings is 1. The average Bonchev–Trinajstić information content (AvgIpc) is 3.13. The molecule has 0 bridgehead atoms. The van der Waals surface area contributed by atoms with Crippen molar-refractivity contribution in [2.75, 3.05) is 36.5 Å². The van der Waals surface area contributed by atoms with Crippen LogP contribution in [0.4, 0.5) is 11.5 Å². The molecule has 6 heteroatoms. The minimum Gasteiger partial charge on any atom is -0.370 e. The fraction of sp³-hybridized carbons (Fsp3) is 0.429. The van der Waals surface area contributed by atoms with Crippen LogP contribution in [0.25, 0.3) is 0 Å². The zero-order chi connectivity index (χ0) is 18.7. The summed E-state index contributed by atoms with van der Waals surface area (Å²) >= 11 is 0. The van der Waals surface area contributed by atoms with Crippen molar-refractivity contribution < 1.29 is 14.3 Å². The second-order valence-electron chi connectivity index (χ2n) is 7.21. The third kappa shape index (κ3) is 4.28. The largest absolute Gasteiger partial charge is 0.370 e. The summed E-state index contributed by atoms with van der Waals surface area (Å²) in [6.07, 6.45) is 3.89. The van der Waals surface area contributed by atoms with E-state index in [0.29, 0.717) is 25.5 Å². The molecule has 0 saturated carbocycles. The predicted octanol–water partition coefficient (Wildman–Crippen LogP) is 2.91. The number of nitrogens with one attached hydrogen (secondary N) is 1. The molecule has 142 valence electrons. The van der Waals surface area contributed by atoms with Crippen LogP contribution in [-0.2, 0) is 20.7 Å². The molecule has 6 nitrogen and oxygen atoms in total. The van der Waals surface area contributed by atoms with Crippen molar-refractivity contribution in [2.45, 2.75) is 32.0 Å². The molecule has 1 aromatic carbocycles. The molecule has 2 aromatic rings. The monoisotopic (exact) mass is 367 g/mol. The number of aromatic nitrogens is 1. The number of carbonyl (C=O) groups excluding carboxylic acids is 1. The lowest BCUT2D eigenvalue weighted by molar-refractivity contribution is -0.169. The molecule has 1 spiro atoms. The SMILES string of the molecule is Cc1ccc(CC(=O)Nc2ccc(N3CCC4(CC3)OCCO4)cn2)cc1. The van der Waals surface area contributed by atoms with E-state index in [1.165, 1.54) is 5.56 Å². The van der Waals surface area contributed by atoms with E-state index in [1.807, 2.05) is 49.5 Å². The number of carbonyl (C=O) groups is 1. The van der Waals surface area contributed by atoms with Crippen molar-refractivity contribution in [1.82, 2.24) is 4.98 Å². The van der Waals surface area contributed by atoms with Gasteiger partial charge in [0.2, 0.25) is 5.91 Å². The third-order valence-corrected chi connectivity index (χ3v) is 5.20. The number of rotatable bonds is 4. The first-order valence-electron chi connectivity index (χ1n) is 9.46. The summed E-state index contributed by atoms with van der Waals surface area (Å²) in [6.45, 7) is 5.17. The normalized spacial score (nSPS) is 18.6. The summed E-state index contributed by atoms with van der Waals surface area (Å²) in [4.78, 5) is 18.9. The molecule has 0 unspecified atom stereocenters. The summed E-state index contributed by atoms with van der Waals surface area (Å²) < 4.78 is 11.5. The number of amides is 1. The van der Waals surface area contributed by atoms with Gasteiger partial charge in [0.15, 0.2) is 5.79 Å². The van der Waals surface area contributed by atoms with E-state index in [2.05, 4.69) is 15.2 Å². The minimum absolute atomic E-state index is 0.0606. The van der Waals surface area contributed by atoms with Crippen LogP contribution in [0.3, 0.4) is 0 Å². The molecule has 2 aliphatic rings. The molecule has 2 saturated heterocycles. The fourth-order valence-electron chi connectivity index (χ4n) is 3.62. The third-order valence-electron chi connectivity index (χ3n) is 5.20. The molecule has 4 rings (SSSR count). The van der Waals surface area contributed by atoms with Crippen LogP contribution >= 0.6 is 0 Å². The number of hydrogen-bond acceptors (Lipinski definition) is 5. The van der Waals surface area contributed by atoms with Gasteiger partial charge in [-0.1, -0.05) is 29.8 Å². The lowest BCUT2D eigenvalue weighted by Crippen LogP contribution is -2.45. The second kappa shape index (κ2) is 7.66. The van der Waals surface area contributed by atoms with Crippen molar-refractivity contribution in [3.05, 3.63) is 53.7 Å². The number of aryl methyl sites for hydroxylation is 1. The van der Waals surface area contributed by atoms with Gasteiger partial charge < -0.3 is 19.7 Å². The van der Waals surface area contributed by atoms with Gasteiger partial charge in [0.25, 0.3) is 0 Å². The Morgan fingerprint density at radius 2 is 1.81 bits per heavy atom. The fourth-order valence-corrected chi connectivity index (χ4v) is 3.62. The number of benzene rings is 1. The molecule has 2 aliphatic heterocycles. The van der Waals surface area contributed by atoms with Crippen LogP contribution in [0.1, 0.15) is 24.0 Å². The zero-order valence-electron chi connectivity index (χ0n) is 15.6. The van der Waals surface area contributed by atoms with E-state index in [4.69, 9.17) is 9.47 Å². The van der Waals surface area contributed by atoms with Crippen LogP contribution in [0, 0.1) is 6.92 Å². The summed E-state index contributed by atoms with van der Waals surface area (Å²) in [6, 6.07) is 11.8. The molecule has 1 aromatic heterocycles. The van der Waals surface area contributed by atoms with E-state index in [9.17, 15) is 4.79 Å². The number of anilines is 2. The lowest BCUT2D eigenvalue weighted by atomic mass is 10.0. The van der Waals surface area contributed by atoms with Crippen molar-refractivity contribution in [2.24, 2.45) is 0 Å². The molecule has 2 fully saturated rings. The first kappa shape index (κ1) is 17.9. The maximum atomic E-state index is 12.2. The van der Waals surface area contributed by atoms with Crippen molar-refractivity contribution >= 4 is 17.4 Å². The molecule has 1 N–H and O–H groups in total. The van der Waals surface area contributed by atoms with Gasteiger partial charge in [-0.2, -0.15) is 0 Å². The smallest absolute Gasteiger partial charge is 0.229 e. The highest BCUT2D eigenvalue weighted by molar-refractivity contribution is 5.91. The van der Waals surface area contributed by atoms with E-state index >= 15 is 0 Å². The number of pyridine rings is 1. The summed E-state index contributed by atoms with van der Waals surface area (Å²) in [5.74, 6) is 0.148. The van der Waals surface area contributed by atoms with Gasteiger partial charge in [-0.15, -0.1) is 0 Å². The first-order valence-corrected chi connectivity index (χ1v) is 9.46. The molecular formula is C21H25N3O3. The highest BCUT2D eigenvalue weighted by atomic mass is 16.7.